The van der Waals surface area contributed by atoms with Crippen LogP contribution in [0, 0.1) is 0 Å². The number of hydrogen-bond acceptors (Lipinski definition) is 3. The molecule has 0 atom stereocenters. The van der Waals surface area contributed by atoms with Crippen LogP contribution in [0.2, 0.25) is 0 Å². The molecule has 0 aliphatic carbocycles. The number of fused-ring (bicyclic) bond motifs is 1. The van der Waals surface area contributed by atoms with Crippen LogP contribution in [0.5, 0.6) is 0 Å². The molecule has 2 heterocycles. The van der Waals surface area contributed by atoms with Gasteiger partial charge >= 0.3 is 0 Å². The van der Waals surface area contributed by atoms with Crippen molar-refractivity contribution in [2.24, 2.45) is 0 Å². The monoisotopic (exact) mass is 135 g/mol. The van der Waals surface area contributed by atoms with Crippen molar-refractivity contribution in [1.82, 2.24) is 14.7 Å². The van der Waals surface area contributed by atoms with Crippen molar-refractivity contribution in [3.8, 4) is 0 Å². The van der Waals surface area contributed by atoms with Crippen LogP contribution in [0.4, 0.5) is 0 Å². The first-order chi connectivity index (χ1) is 4.79. The Morgan fingerprint density at radius 3 is 3.00 bits per heavy atom. The molecule has 0 N–H and O–H groups in total. The van der Waals surface area contributed by atoms with Gasteiger partial charge in [-0.05, 0) is 0 Å². The van der Waals surface area contributed by atoms with Crippen LogP contribution in [0.1, 0.15) is 0 Å². The van der Waals surface area contributed by atoms with Crippen LogP contribution in [-0.4, -0.2) is 14.7 Å². The predicted octanol–water partition coefficient (Wildman–Crippen LogP) is -0.857. The highest BCUT2D eigenvalue weighted by atomic mass is 16.6. The Morgan fingerprint density at radius 2 is 2.30 bits per heavy atom. The molecule has 0 saturated carbocycles. The minimum Gasteiger partial charge on any atom is -0.261 e. The molecule has 0 unspecified atom stereocenters. The third-order valence-corrected chi connectivity index (χ3v) is 1.33. The topological polar surface area (TPSA) is 43.3 Å². The molecule has 2 rings (SSSR count). The van der Waals surface area contributed by atoms with Crippen molar-refractivity contribution in [3.63, 3.8) is 0 Å². The van der Waals surface area contributed by atoms with Crippen LogP contribution in [0.3, 0.4) is 0 Å². The van der Waals surface area contributed by atoms with E-state index in [0.29, 0.717) is 16.3 Å². The normalized spacial score (nSPS) is 10.8. The summed E-state index contributed by atoms with van der Waals surface area (Å²) in [7, 11) is 0. The average molecular weight is 135 g/mol. The fourth-order valence-corrected chi connectivity index (χ4v) is 0.794. The van der Waals surface area contributed by atoms with E-state index in [-0.39, 0.29) is 0 Å². The maximum Gasteiger partial charge on any atom is 0.194 e. The molecule has 0 aliphatic rings. The molecular weight excluding hydrogens is 130 g/mol. The van der Waals surface area contributed by atoms with Gasteiger partial charge in [0.25, 0.3) is 0 Å². The molecule has 2 aromatic heterocycles. The van der Waals surface area contributed by atoms with E-state index in [2.05, 4.69) is 23.3 Å². The van der Waals surface area contributed by atoms with Crippen LogP contribution in [-0.2, 0) is 0 Å². The standard InChI is InChI=1S/C6H5N3O/c1-4-5(2)9-6(8-4)3-7-10-9/h3H,1-2H2. The molecule has 0 bridgehead atoms. The van der Waals surface area contributed by atoms with E-state index >= 15 is 0 Å². The zero-order chi connectivity index (χ0) is 7.14. The number of hydrogen-bond donors (Lipinski definition) is 0. The third-order valence-electron chi connectivity index (χ3n) is 1.33. The summed E-state index contributed by atoms with van der Waals surface area (Å²) in [6.07, 6.45) is 1.52. The summed E-state index contributed by atoms with van der Waals surface area (Å²) in [6.45, 7) is 7.33. The highest BCUT2D eigenvalue weighted by Crippen LogP contribution is 1.86. The minimum atomic E-state index is 0.626. The smallest absolute Gasteiger partial charge is 0.194 e. The molecule has 0 spiro atoms. The van der Waals surface area contributed by atoms with Gasteiger partial charge in [0.2, 0.25) is 0 Å². The summed E-state index contributed by atoms with van der Waals surface area (Å²) in [5, 5.41) is 4.79. The van der Waals surface area contributed by atoms with Gasteiger partial charge < -0.3 is 0 Å². The summed E-state index contributed by atoms with van der Waals surface area (Å²) in [5.74, 6) is 0. The lowest BCUT2D eigenvalue weighted by Crippen LogP contribution is -2.23. The summed E-state index contributed by atoms with van der Waals surface area (Å²) >= 11 is 0. The Hall–Kier alpha value is -1.58. The van der Waals surface area contributed by atoms with Gasteiger partial charge in [0.1, 0.15) is 11.5 Å². The molecule has 50 valence electrons. The van der Waals surface area contributed by atoms with E-state index in [1.165, 1.54) is 10.8 Å². The highest BCUT2D eigenvalue weighted by Gasteiger charge is 1.98. The van der Waals surface area contributed by atoms with Crippen molar-refractivity contribution in [2.75, 3.05) is 0 Å². The summed E-state index contributed by atoms with van der Waals surface area (Å²) in [5.41, 5.74) is 0.648. The van der Waals surface area contributed by atoms with Crippen molar-refractivity contribution < 1.29 is 4.63 Å². The molecule has 0 fully saturated rings. The lowest BCUT2D eigenvalue weighted by atomic mass is 10.6. The molecular formula is C6H5N3O. The Bertz CT molecular complexity index is 453. The molecule has 4 heteroatoms. The van der Waals surface area contributed by atoms with Gasteiger partial charge in [0, 0.05) is 0 Å². The Morgan fingerprint density at radius 1 is 1.50 bits per heavy atom. The summed E-state index contributed by atoms with van der Waals surface area (Å²) in [6, 6.07) is 0. The fraction of sp³-hybridized carbons (Fsp3) is 0. The largest absolute Gasteiger partial charge is 0.261 e. The molecule has 0 aromatic carbocycles. The van der Waals surface area contributed by atoms with Crippen LogP contribution >= 0.6 is 0 Å². The lowest BCUT2D eigenvalue weighted by Gasteiger charge is -1.72. The molecule has 0 saturated heterocycles. The maximum absolute atomic E-state index is 4.77. The van der Waals surface area contributed by atoms with E-state index in [1.807, 2.05) is 0 Å². The third kappa shape index (κ3) is 0.452. The maximum atomic E-state index is 4.77. The second-order valence-corrected chi connectivity index (χ2v) is 1.97. The van der Waals surface area contributed by atoms with Crippen molar-refractivity contribution in [3.05, 3.63) is 16.9 Å². The Kier molecular flexibility index (Phi) is 0.768. The number of imidazole rings is 1. The van der Waals surface area contributed by atoms with Gasteiger partial charge in [-0.2, -0.15) is 0 Å². The molecule has 0 aliphatic heterocycles. The van der Waals surface area contributed by atoms with E-state index < -0.39 is 0 Å². The fourth-order valence-electron chi connectivity index (χ4n) is 0.794. The van der Waals surface area contributed by atoms with Gasteiger partial charge in [-0.3, -0.25) is 4.63 Å². The number of rotatable bonds is 0. The van der Waals surface area contributed by atoms with E-state index in [4.69, 9.17) is 4.63 Å². The molecule has 4 nitrogen and oxygen atoms in total. The summed E-state index contributed by atoms with van der Waals surface area (Å²) < 4.78 is 6.20. The zero-order valence-electron chi connectivity index (χ0n) is 5.24. The first kappa shape index (κ1) is 5.22. The van der Waals surface area contributed by atoms with Gasteiger partial charge in [-0.25, -0.2) is 4.98 Å². The van der Waals surface area contributed by atoms with E-state index in [1.54, 1.807) is 0 Å². The van der Waals surface area contributed by atoms with Gasteiger partial charge in [0.15, 0.2) is 5.65 Å². The zero-order valence-corrected chi connectivity index (χ0v) is 5.24. The lowest BCUT2D eigenvalue weighted by molar-refractivity contribution is 0.267. The molecule has 10 heavy (non-hydrogen) atoms. The van der Waals surface area contributed by atoms with Crippen molar-refractivity contribution in [2.45, 2.75) is 0 Å². The van der Waals surface area contributed by atoms with E-state index in [9.17, 15) is 0 Å². The first-order valence-corrected chi connectivity index (χ1v) is 2.76. The quantitative estimate of drug-likeness (QED) is 0.472. The number of aromatic nitrogens is 3. The van der Waals surface area contributed by atoms with Crippen molar-refractivity contribution in [1.29, 1.82) is 0 Å². The van der Waals surface area contributed by atoms with Gasteiger partial charge in [-0.1, -0.05) is 18.3 Å². The Balaban J connectivity index is 3.24. The molecule has 2 aromatic rings. The molecule has 0 amide bonds. The molecule has 0 radical (unpaired) electrons. The first-order valence-electron chi connectivity index (χ1n) is 2.76. The van der Waals surface area contributed by atoms with Crippen LogP contribution in [0.15, 0.2) is 10.8 Å². The Labute approximate surface area is 56.0 Å². The SMILES string of the molecule is C=c1nc2cnon2c1=C. The van der Waals surface area contributed by atoms with E-state index in [0.717, 1.165) is 0 Å². The minimum absolute atomic E-state index is 0.626. The second kappa shape index (κ2) is 1.47. The van der Waals surface area contributed by atoms with Crippen molar-refractivity contribution >= 4 is 18.8 Å². The second-order valence-electron chi connectivity index (χ2n) is 1.97. The average Bonchev–Trinajstić information content (AvgIpc) is 2.41. The van der Waals surface area contributed by atoms with Crippen LogP contribution in [0.25, 0.3) is 18.8 Å². The predicted molar refractivity (Wildman–Crippen MR) is 35.5 cm³/mol. The number of nitrogens with zero attached hydrogens (tertiary/aromatic N) is 3. The van der Waals surface area contributed by atoms with Gasteiger partial charge in [0.05, 0.1) is 5.35 Å². The highest BCUT2D eigenvalue weighted by molar-refractivity contribution is 5.33. The van der Waals surface area contributed by atoms with Gasteiger partial charge in [-0.15, -0.1) is 4.57 Å². The summed E-state index contributed by atoms with van der Waals surface area (Å²) in [4.78, 5) is 4.01. The van der Waals surface area contributed by atoms with Crippen LogP contribution < -0.4 is 10.7 Å².